The molecule has 4 heteroatoms. The highest BCUT2D eigenvalue weighted by Crippen LogP contribution is 2.18. The Labute approximate surface area is 94.4 Å². The van der Waals surface area contributed by atoms with Crippen molar-refractivity contribution < 1.29 is 9.18 Å². The van der Waals surface area contributed by atoms with E-state index in [9.17, 15) is 9.18 Å². The van der Waals surface area contributed by atoms with E-state index in [1.807, 2.05) is 0 Å². The van der Waals surface area contributed by atoms with Gasteiger partial charge < -0.3 is 10.6 Å². The molecular weight excluding hydrogens is 207 g/mol. The first kappa shape index (κ1) is 12.2. The predicted octanol–water partition coefficient (Wildman–Crippen LogP) is 1.97. The number of anilines is 1. The van der Waals surface area contributed by atoms with E-state index in [1.54, 1.807) is 20.0 Å². The Bertz CT molecular complexity index is 406. The van der Waals surface area contributed by atoms with E-state index in [-0.39, 0.29) is 17.2 Å². The molecule has 0 heterocycles. The first-order chi connectivity index (χ1) is 7.47. The fourth-order valence-corrected chi connectivity index (χ4v) is 1.32. The predicted molar refractivity (Wildman–Crippen MR) is 62.7 cm³/mol. The van der Waals surface area contributed by atoms with Gasteiger partial charge in [-0.1, -0.05) is 6.08 Å². The zero-order chi connectivity index (χ0) is 12.3. The van der Waals surface area contributed by atoms with Gasteiger partial charge in [0.2, 0.25) is 0 Å². The minimum Gasteiger partial charge on any atom is -0.398 e. The third kappa shape index (κ3) is 2.39. The molecule has 0 aromatic heterocycles. The zero-order valence-electron chi connectivity index (χ0n) is 9.46. The second-order valence-corrected chi connectivity index (χ2v) is 3.65. The minimum atomic E-state index is -0.463. The van der Waals surface area contributed by atoms with Crippen LogP contribution < -0.4 is 5.73 Å². The van der Waals surface area contributed by atoms with E-state index in [4.69, 9.17) is 5.73 Å². The Kier molecular flexibility index (Phi) is 3.66. The monoisotopic (exact) mass is 222 g/mol. The van der Waals surface area contributed by atoms with Crippen molar-refractivity contribution in [3.05, 3.63) is 41.7 Å². The van der Waals surface area contributed by atoms with Gasteiger partial charge in [-0.15, -0.1) is 6.58 Å². The maximum atomic E-state index is 13.4. The van der Waals surface area contributed by atoms with Crippen LogP contribution in [-0.4, -0.2) is 24.4 Å². The molecule has 1 aromatic carbocycles. The molecule has 16 heavy (non-hydrogen) atoms. The topological polar surface area (TPSA) is 46.3 Å². The Morgan fingerprint density at radius 3 is 2.75 bits per heavy atom. The summed E-state index contributed by atoms with van der Waals surface area (Å²) < 4.78 is 13.4. The standard InChI is InChI=1S/C12H15FN2O/c1-4-5-15(3)12(16)9-6-10(13)8(2)11(14)7-9/h4,6-7H,1,5,14H2,2-3H3. The summed E-state index contributed by atoms with van der Waals surface area (Å²) in [7, 11) is 1.62. The molecule has 2 N–H and O–H groups in total. The van der Waals surface area contributed by atoms with Crippen LogP contribution in [0.4, 0.5) is 10.1 Å². The van der Waals surface area contributed by atoms with Crippen LogP contribution in [0, 0.1) is 12.7 Å². The molecule has 0 aliphatic heterocycles. The van der Waals surface area contributed by atoms with E-state index in [1.165, 1.54) is 17.0 Å². The number of likely N-dealkylation sites (N-methyl/N-ethyl adjacent to an activating group) is 1. The van der Waals surface area contributed by atoms with Crippen molar-refractivity contribution in [2.75, 3.05) is 19.3 Å². The van der Waals surface area contributed by atoms with Crippen LogP contribution in [0.15, 0.2) is 24.8 Å². The number of carbonyl (C=O) groups excluding carboxylic acids is 1. The molecule has 1 amide bonds. The van der Waals surface area contributed by atoms with Crippen LogP contribution in [0.1, 0.15) is 15.9 Å². The van der Waals surface area contributed by atoms with E-state index >= 15 is 0 Å². The van der Waals surface area contributed by atoms with Gasteiger partial charge in [0, 0.05) is 30.4 Å². The van der Waals surface area contributed by atoms with E-state index in [0.717, 1.165) is 0 Å². The van der Waals surface area contributed by atoms with Gasteiger partial charge in [0.25, 0.3) is 5.91 Å². The van der Waals surface area contributed by atoms with Crippen LogP contribution in [0.25, 0.3) is 0 Å². The smallest absolute Gasteiger partial charge is 0.254 e. The average molecular weight is 222 g/mol. The molecule has 1 aromatic rings. The third-order valence-electron chi connectivity index (χ3n) is 2.38. The molecule has 86 valence electrons. The Hall–Kier alpha value is -1.84. The number of amides is 1. The molecule has 0 saturated carbocycles. The van der Waals surface area contributed by atoms with Gasteiger partial charge in [0.15, 0.2) is 0 Å². The fraction of sp³-hybridized carbons (Fsp3) is 0.250. The van der Waals surface area contributed by atoms with E-state index in [2.05, 4.69) is 6.58 Å². The molecule has 0 spiro atoms. The Morgan fingerprint density at radius 1 is 1.62 bits per heavy atom. The fourth-order valence-electron chi connectivity index (χ4n) is 1.32. The summed E-state index contributed by atoms with van der Waals surface area (Å²) in [5.41, 5.74) is 6.51. The molecule has 0 saturated heterocycles. The summed E-state index contributed by atoms with van der Waals surface area (Å²) in [6.07, 6.45) is 1.60. The lowest BCUT2D eigenvalue weighted by Gasteiger charge is -2.15. The van der Waals surface area contributed by atoms with Crippen molar-refractivity contribution in [2.45, 2.75) is 6.92 Å². The quantitative estimate of drug-likeness (QED) is 0.628. The van der Waals surface area contributed by atoms with Crippen molar-refractivity contribution in [1.82, 2.24) is 4.90 Å². The molecule has 0 aliphatic carbocycles. The van der Waals surface area contributed by atoms with Crippen LogP contribution in [0.2, 0.25) is 0 Å². The molecule has 0 atom stereocenters. The molecule has 0 aliphatic rings. The second kappa shape index (κ2) is 4.79. The van der Waals surface area contributed by atoms with Crippen molar-refractivity contribution >= 4 is 11.6 Å². The summed E-state index contributed by atoms with van der Waals surface area (Å²) in [5, 5.41) is 0. The minimum absolute atomic E-state index is 0.255. The van der Waals surface area contributed by atoms with Gasteiger partial charge in [-0.2, -0.15) is 0 Å². The number of nitrogen functional groups attached to an aromatic ring is 1. The number of nitrogens with two attached hydrogens (primary N) is 1. The summed E-state index contributed by atoms with van der Waals surface area (Å²) in [6, 6.07) is 2.69. The molecule has 0 unspecified atom stereocenters. The number of hydrogen-bond acceptors (Lipinski definition) is 2. The molecule has 0 radical (unpaired) electrons. The van der Waals surface area contributed by atoms with Gasteiger partial charge in [0.1, 0.15) is 5.82 Å². The number of halogens is 1. The van der Waals surface area contributed by atoms with Crippen molar-refractivity contribution in [1.29, 1.82) is 0 Å². The van der Waals surface area contributed by atoms with Gasteiger partial charge in [-0.3, -0.25) is 4.79 Å². The van der Waals surface area contributed by atoms with E-state index < -0.39 is 5.82 Å². The lowest BCUT2D eigenvalue weighted by atomic mass is 10.1. The average Bonchev–Trinajstić information content (AvgIpc) is 2.24. The largest absolute Gasteiger partial charge is 0.398 e. The molecule has 0 fully saturated rings. The number of rotatable bonds is 3. The number of hydrogen-bond donors (Lipinski definition) is 1. The van der Waals surface area contributed by atoms with Gasteiger partial charge >= 0.3 is 0 Å². The Morgan fingerprint density at radius 2 is 2.25 bits per heavy atom. The summed E-state index contributed by atoms with van der Waals surface area (Å²) >= 11 is 0. The highest BCUT2D eigenvalue weighted by Gasteiger charge is 2.13. The number of benzene rings is 1. The first-order valence-corrected chi connectivity index (χ1v) is 4.89. The maximum absolute atomic E-state index is 13.4. The van der Waals surface area contributed by atoms with E-state index in [0.29, 0.717) is 12.1 Å². The summed E-state index contributed by atoms with van der Waals surface area (Å²) in [6.45, 7) is 5.52. The van der Waals surface area contributed by atoms with Crippen LogP contribution in [0.3, 0.4) is 0 Å². The Balaban J connectivity index is 3.05. The van der Waals surface area contributed by atoms with Crippen molar-refractivity contribution in [3.63, 3.8) is 0 Å². The van der Waals surface area contributed by atoms with Crippen LogP contribution in [0.5, 0.6) is 0 Å². The highest BCUT2D eigenvalue weighted by molar-refractivity contribution is 5.95. The number of carbonyl (C=O) groups is 1. The third-order valence-corrected chi connectivity index (χ3v) is 2.38. The lowest BCUT2D eigenvalue weighted by molar-refractivity contribution is 0.0810. The summed E-state index contributed by atoms with van der Waals surface area (Å²) in [4.78, 5) is 13.2. The number of nitrogens with zero attached hydrogens (tertiary/aromatic N) is 1. The molecule has 3 nitrogen and oxygen atoms in total. The highest BCUT2D eigenvalue weighted by atomic mass is 19.1. The summed E-state index contributed by atoms with van der Waals surface area (Å²) in [5.74, 6) is -0.735. The SMILES string of the molecule is C=CCN(C)C(=O)c1cc(N)c(C)c(F)c1. The maximum Gasteiger partial charge on any atom is 0.254 e. The van der Waals surface area contributed by atoms with Crippen LogP contribution >= 0.6 is 0 Å². The van der Waals surface area contributed by atoms with Gasteiger partial charge in [0.05, 0.1) is 0 Å². The van der Waals surface area contributed by atoms with Crippen molar-refractivity contribution in [2.24, 2.45) is 0 Å². The molecule has 1 rings (SSSR count). The lowest BCUT2D eigenvalue weighted by Crippen LogP contribution is -2.27. The van der Waals surface area contributed by atoms with Crippen LogP contribution in [-0.2, 0) is 0 Å². The van der Waals surface area contributed by atoms with Gasteiger partial charge in [-0.05, 0) is 19.1 Å². The normalized spacial score (nSPS) is 9.94. The zero-order valence-corrected chi connectivity index (χ0v) is 9.46. The van der Waals surface area contributed by atoms with Gasteiger partial charge in [-0.25, -0.2) is 4.39 Å². The second-order valence-electron chi connectivity index (χ2n) is 3.65. The molecule has 0 bridgehead atoms. The van der Waals surface area contributed by atoms with Crippen molar-refractivity contribution in [3.8, 4) is 0 Å². The first-order valence-electron chi connectivity index (χ1n) is 4.89. The molecular formula is C12H15FN2O.